The maximum Gasteiger partial charge on any atom is 0.338 e. The SMILES string of the molecule is COC(=O)c1ccnc(NCCN2CCCCC2)c1. The molecule has 1 saturated heterocycles. The van der Waals surface area contributed by atoms with E-state index in [1.54, 1.807) is 18.3 Å². The number of carbonyl (C=O) groups excluding carboxylic acids is 1. The molecule has 0 atom stereocenters. The fraction of sp³-hybridized carbons (Fsp3) is 0.571. The van der Waals surface area contributed by atoms with Gasteiger partial charge < -0.3 is 15.0 Å². The van der Waals surface area contributed by atoms with Crippen LogP contribution in [-0.4, -0.2) is 49.1 Å². The summed E-state index contributed by atoms with van der Waals surface area (Å²) in [6, 6.07) is 3.38. The first-order valence-electron chi connectivity index (χ1n) is 6.80. The Bertz CT molecular complexity index is 417. The minimum Gasteiger partial charge on any atom is -0.465 e. The molecular formula is C14H21N3O2. The van der Waals surface area contributed by atoms with Gasteiger partial charge >= 0.3 is 5.97 Å². The first-order chi connectivity index (χ1) is 9.29. The molecule has 5 heteroatoms. The van der Waals surface area contributed by atoms with Gasteiger partial charge in [-0.3, -0.25) is 0 Å². The Balaban J connectivity index is 1.80. The molecule has 2 rings (SSSR count). The summed E-state index contributed by atoms with van der Waals surface area (Å²) in [4.78, 5) is 18.1. The summed E-state index contributed by atoms with van der Waals surface area (Å²) in [6.07, 6.45) is 5.58. The average molecular weight is 263 g/mol. The van der Waals surface area contributed by atoms with Crippen molar-refractivity contribution in [3.05, 3.63) is 23.9 Å². The molecule has 104 valence electrons. The van der Waals surface area contributed by atoms with E-state index in [9.17, 15) is 4.79 Å². The van der Waals surface area contributed by atoms with Crippen molar-refractivity contribution in [1.29, 1.82) is 0 Å². The van der Waals surface area contributed by atoms with E-state index >= 15 is 0 Å². The molecule has 0 unspecified atom stereocenters. The molecule has 2 heterocycles. The van der Waals surface area contributed by atoms with Crippen molar-refractivity contribution in [2.75, 3.05) is 38.6 Å². The van der Waals surface area contributed by atoms with E-state index in [0.29, 0.717) is 5.56 Å². The number of hydrogen-bond acceptors (Lipinski definition) is 5. The molecule has 1 aromatic heterocycles. The molecule has 0 bridgehead atoms. The van der Waals surface area contributed by atoms with Gasteiger partial charge in [-0.15, -0.1) is 0 Å². The number of hydrogen-bond donors (Lipinski definition) is 1. The van der Waals surface area contributed by atoms with Crippen molar-refractivity contribution in [3.63, 3.8) is 0 Å². The Morgan fingerprint density at radius 3 is 2.95 bits per heavy atom. The lowest BCUT2D eigenvalue weighted by molar-refractivity contribution is 0.0600. The number of pyridine rings is 1. The number of methoxy groups -OCH3 is 1. The van der Waals surface area contributed by atoms with E-state index < -0.39 is 0 Å². The molecule has 1 aromatic rings. The lowest BCUT2D eigenvalue weighted by atomic mass is 10.1. The van der Waals surface area contributed by atoms with Crippen LogP contribution in [0.2, 0.25) is 0 Å². The monoisotopic (exact) mass is 263 g/mol. The number of esters is 1. The molecule has 0 aliphatic carbocycles. The molecule has 1 N–H and O–H groups in total. The van der Waals surface area contributed by atoms with Crippen LogP contribution in [0, 0.1) is 0 Å². The average Bonchev–Trinajstić information content (AvgIpc) is 2.48. The van der Waals surface area contributed by atoms with Gasteiger partial charge in [-0.05, 0) is 38.1 Å². The highest BCUT2D eigenvalue weighted by molar-refractivity contribution is 5.89. The summed E-state index contributed by atoms with van der Waals surface area (Å²) in [5.74, 6) is 0.390. The van der Waals surface area contributed by atoms with E-state index in [1.165, 1.54) is 39.5 Å². The highest BCUT2D eigenvalue weighted by Crippen LogP contribution is 2.09. The van der Waals surface area contributed by atoms with Gasteiger partial charge in [0.15, 0.2) is 0 Å². The number of likely N-dealkylation sites (tertiary alicyclic amines) is 1. The van der Waals surface area contributed by atoms with E-state index in [0.717, 1.165) is 18.9 Å². The Hall–Kier alpha value is -1.62. The fourth-order valence-corrected chi connectivity index (χ4v) is 2.30. The molecule has 0 saturated carbocycles. The van der Waals surface area contributed by atoms with E-state index in [4.69, 9.17) is 0 Å². The third kappa shape index (κ3) is 4.21. The second-order valence-electron chi connectivity index (χ2n) is 4.75. The number of rotatable bonds is 5. The lowest BCUT2D eigenvalue weighted by Crippen LogP contribution is -2.33. The zero-order chi connectivity index (χ0) is 13.5. The zero-order valence-electron chi connectivity index (χ0n) is 11.4. The third-order valence-electron chi connectivity index (χ3n) is 3.36. The summed E-state index contributed by atoms with van der Waals surface area (Å²) in [5.41, 5.74) is 0.526. The van der Waals surface area contributed by atoms with Crippen LogP contribution < -0.4 is 5.32 Å². The van der Waals surface area contributed by atoms with E-state index in [2.05, 4.69) is 19.9 Å². The Labute approximate surface area is 114 Å². The van der Waals surface area contributed by atoms with Crippen LogP contribution in [0.1, 0.15) is 29.6 Å². The molecule has 0 radical (unpaired) electrons. The third-order valence-corrected chi connectivity index (χ3v) is 3.36. The maximum atomic E-state index is 11.4. The summed E-state index contributed by atoms with van der Waals surface area (Å²) in [5, 5.41) is 3.25. The maximum absolute atomic E-state index is 11.4. The van der Waals surface area contributed by atoms with Crippen LogP contribution in [-0.2, 0) is 4.74 Å². The van der Waals surface area contributed by atoms with Crippen LogP contribution in [0.3, 0.4) is 0 Å². The molecule has 0 aromatic carbocycles. The fourth-order valence-electron chi connectivity index (χ4n) is 2.30. The normalized spacial score (nSPS) is 16.1. The number of nitrogens with one attached hydrogen (secondary N) is 1. The Kier molecular flexibility index (Phi) is 5.15. The number of piperidine rings is 1. The second-order valence-corrected chi connectivity index (χ2v) is 4.75. The van der Waals surface area contributed by atoms with Gasteiger partial charge in [0.05, 0.1) is 12.7 Å². The molecule has 0 spiro atoms. The number of nitrogens with zero attached hydrogens (tertiary/aromatic N) is 2. The zero-order valence-corrected chi connectivity index (χ0v) is 11.4. The smallest absolute Gasteiger partial charge is 0.338 e. The van der Waals surface area contributed by atoms with Gasteiger partial charge in [-0.2, -0.15) is 0 Å². The second kappa shape index (κ2) is 7.09. The van der Waals surface area contributed by atoms with E-state index in [-0.39, 0.29) is 5.97 Å². The van der Waals surface area contributed by atoms with Crippen LogP contribution in [0.5, 0.6) is 0 Å². The number of aromatic nitrogens is 1. The van der Waals surface area contributed by atoms with Gasteiger partial charge in [-0.25, -0.2) is 9.78 Å². The highest BCUT2D eigenvalue weighted by Gasteiger charge is 2.10. The summed E-state index contributed by atoms with van der Waals surface area (Å²) >= 11 is 0. The van der Waals surface area contributed by atoms with Crippen molar-refractivity contribution in [3.8, 4) is 0 Å². The van der Waals surface area contributed by atoms with Gasteiger partial charge in [0.1, 0.15) is 5.82 Å². The van der Waals surface area contributed by atoms with Crippen molar-refractivity contribution in [2.24, 2.45) is 0 Å². The topological polar surface area (TPSA) is 54.5 Å². The molecule has 1 fully saturated rings. The summed E-state index contributed by atoms with van der Waals surface area (Å²) < 4.78 is 4.69. The van der Waals surface area contributed by atoms with Crippen molar-refractivity contribution >= 4 is 11.8 Å². The number of ether oxygens (including phenoxy) is 1. The number of anilines is 1. The van der Waals surface area contributed by atoms with Crippen molar-refractivity contribution < 1.29 is 9.53 Å². The largest absolute Gasteiger partial charge is 0.465 e. The van der Waals surface area contributed by atoms with Gasteiger partial charge in [0.2, 0.25) is 0 Å². The van der Waals surface area contributed by atoms with E-state index in [1.807, 2.05) is 0 Å². The minimum atomic E-state index is -0.332. The molecule has 1 aliphatic rings. The first kappa shape index (κ1) is 13.8. The summed E-state index contributed by atoms with van der Waals surface area (Å²) in [6.45, 7) is 4.25. The Morgan fingerprint density at radius 1 is 1.42 bits per heavy atom. The summed E-state index contributed by atoms with van der Waals surface area (Å²) in [7, 11) is 1.38. The minimum absolute atomic E-state index is 0.332. The van der Waals surface area contributed by atoms with Crippen molar-refractivity contribution in [2.45, 2.75) is 19.3 Å². The van der Waals surface area contributed by atoms with Gasteiger partial charge in [0.25, 0.3) is 0 Å². The lowest BCUT2D eigenvalue weighted by Gasteiger charge is -2.26. The quantitative estimate of drug-likeness (QED) is 0.820. The first-order valence-corrected chi connectivity index (χ1v) is 6.80. The standard InChI is InChI=1S/C14H21N3O2/c1-19-14(18)12-5-6-15-13(11-12)16-7-10-17-8-3-2-4-9-17/h5-6,11H,2-4,7-10H2,1H3,(H,15,16). The van der Waals surface area contributed by atoms with Crippen molar-refractivity contribution in [1.82, 2.24) is 9.88 Å². The molecule has 19 heavy (non-hydrogen) atoms. The molecule has 1 aliphatic heterocycles. The van der Waals surface area contributed by atoms with Gasteiger partial charge in [0, 0.05) is 19.3 Å². The van der Waals surface area contributed by atoms with Crippen LogP contribution >= 0.6 is 0 Å². The van der Waals surface area contributed by atoms with Gasteiger partial charge in [-0.1, -0.05) is 6.42 Å². The van der Waals surface area contributed by atoms with Crippen LogP contribution in [0.15, 0.2) is 18.3 Å². The Morgan fingerprint density at radius 2 is 2.21 bits per heavy atom. The number of carbonyl (C=O) groups is 1. The predicted molar refractivity (Wildman–Crippen MR) is 74.4 cm³/mol. The van der Waals surface area contributed by atoms with Crippen LogP contribution in [0.4, 0.5) is 5.82 Å². The molecule has 0 amide bonds. The highest BCUT2D eigenvalue weighted by atomic mass is 16.5. The molecule has 5 nitrogen and oxygen atoms in total. The predicted octanol–water partition coefficient (Wildman–Crippen LogP) is 1.77. The molecular weight excluding hydrogens is 242 g/mol. The van der Waals surface area contributed by atoms with Crippen LogP contribution in [0.25, 0.3) is 0 Å².